The molecule has 0 aromatic heterocycles. The molecule has 18 heavy (non-hydrogen) atoms. The number of benzene rings is 1. The lowest BCUT2D eigenvalue weighted by molar-refractivity contribution is 0.0930. The number of carbonyl (C=O) groups excluding carboxylic acids is 1. The van der Waals surface area contributed by atoms with Crippen LogP contribution in [-0.2, 0) is 0 Å². The van der Waals surface area contributed by atoms with Crippen LogP contribution in [0.5, 0.6) is 5.75 Å². The maximum atomic E-state index is 11.9. The molecule has 2 N–H and O–H groups in total. The molecule has 0 spiro atoms. The van der Waals surface area contributed by atoms with Crippen molar-refractivity contribution in [3.8, 4) is 5.75 Å². The second-order valence-electron chi connectivity index (χ2n) is 4.25. The lowest BCUT2D eigenvalue weighted by Crippen LogP contribution is -2.45. The zero-order valence-corrected chi connectivity index (χ0v) is 11.3. The van der Waals surface area contributed by atoms with Gasteiger partial charge in [0, 0.05) is 18.2 Å². The quantitative estimate of drug-likeness (QED) is 0.877. The first-order chi connectivity index (χ1) is 8.29. The predicted molar refractivity (Wildman–Crippen MR) is 73.6 cm³/mol. The number of piperidine rings is 1. The van der Waals surface area contributed by atoms with Crippen molar-refractivity contribution < 1.29 is 9.53 Å². The summed E-state index contributed by atoms with van der Waals surface area (Å²) in [6.45, 7) is 1.91. The molecule has 0 bridgehead atoms. The molecule has 0 radical (unpaired) electrons. The molecule has 0 saturated carbocycles. The van der Waals surface area contributed by atoms with E-state index in [1.165, 1.54) is 0 Å². The minimum Gasteiger partial charge on any atom is -0.497 e. The molecule has 1 aromatic carbocycles. The fourth-order valence-corrected chi connectivity index (χ4v) is 1.99. The zero-order valence-electron chi connectivity index (χ0n) is 10.4. The van der Waals surface area contributed by atoms with Gasteiger partial charge in [0.05, 0.1) is 7.11 Å². The van der Waals surface area contributed by atoms with E-state index in [9.17, 15) is 4.79 Å². The fraction of sp³-hybridized carbons (Fsp3) is 0.462. The molecular formula is C13H19ClN2O2. The Morgan fingerprint density at radius 1 is 1.39 bits per heavy atom. The van der Waals surface area contributed by atoms with E-state index in [4.69, 9.17) is 4.74 Å². The smallest absolute Gasteiger partial charge is 0.251 e. The van der Waals surface area contributed by atoms with Crippen molar-refractivity contribution in [3.63, 3.8) is 0 Å². The Morgan fingerprint density at radius 2 is 2.11 bits per heavy atom. The van der Waals surface area contributed by atoms with Gasteiger partial charge in [-0.1, -0.05) is 0 Å². The van der Waals surface area contributed by atoms with E-state index in [1.807, 2.05) is 0 Å². The molecule has 1 aliphatic heterocycles. The van der Waals surface area contributed by atoms with Crippen LogP contribution in [0, 0.1) is 0 Å². The summed E-state index contributed by atoms with van der Waals surface area (Å²) < 4.78 is 5.06. The van der Waals surface area contributed by atoms with Crippen molar-refractivity contribution in [2.75, 3.05) is 20.2 Å². The average molecular weight is 271 g/mol. The van der Waals surface area contributed by atoms with Gasteiger partial charge in [-0.15, -0.1) is 12.4 Å². The second kappa shape index (κ2) is 7.24. The van der Waals surface area contributed by atoms with Crippen molar-refractivity contribution in [1.82, 2.24) is 10.6 Å². The van der Waals surface area contributed by atoms with Crippen LogP contribution in [-0.4, -0.2) is 32.1 Å². The SMILES string of the molecule is COc1ccc(C(=O)NC2CCCNC2)cc1.Cl. The first-order valence-electron chi connectivity index (χ1n) is 5.95. The lowest BCUT2D eigenvalue weighted by atomic mass is 10.1. The third-order valence-electron chi connectivity index (χ3n) is 2.98. The number of hydrogen-bond acceptors (Lipinski definition) is 3. The van der Waals surface area contributed by atoms with Crippen LogP contribution in [0.2, 0.25) is 0 Å². The van der Waals surface area contributed by atoms with Crippen molar-refractivity contribution in [1.29, 1.82) is 0 Å². The summed E-state index contributed by atoms with van der Waals surface area (Å²) >= 11 is 0. The van der Waals surface area contributed by atoms with Gasteiger partial charge >= 0.3 is 0 Å². The average Bonchev–Trinajstić information content (AvgIpc) is 2.40. The van der Waals surface area contributed by atoms with Gasteiger partial charge in [0.25, 0.3) is 5.91 Å². The van der Waals surface area contributed by atoms with Crippen molar-refractivity contribution >= 4 is 18.3 Å². The van der Waals surface area contributed by atoms with E-state index in [0.29, 0.717) is 5.56 Å². The maximum Gasteiger partial charge on any atom is 0.251 e. The molecule has 1 heterocycles. The molecule has 1 atom stereocenters. The van der Waals surface area contributed by atoms with Crippen LogP contribution in [0.25, 0.3) is 0 Å². The maximum absolute atomic E-state index is 11.9. The molecule has 2 rings (SSSR count). The largest absolute Gasteiger partial charge is 0.497 e. The van der Waals surface area contributed by atoms with Crippen molar-refractivity contribution in [2.24, 2.45) is 0 Å². The molecule has 1 fully saturated rings. The third kappa shape index (κ3) is 3.89. The first-order valence-corrected chi connectivity index (χ1v) is 5.95. The van der Waals surface area contributed by atoms with Crippen LogP contribution < -0.4 is 15.4 Å². The summed E-state index contributed by atoms with van der Waals surface area (Å²) in [6, 6.07) is 7.41. The van der Waals surface area contributed by atoms with Crippen LogP contribution in [0.1, 0.15) is 23.2 Å². The molecule has 100 valence electrons. The number of ether oxygens (including phenoxy) is 1. The zero-order chi connectivity index (χ0) is 12.1. The number of halogens is 1. The Balaban J connectivity index is 0.00000162. The summed E-state index contributed by atoms with van der Waals surface area (Å²) in [4.78, 5) is 11.9. The van der Waals surface area contributed by atoms with Gasteiger partial charge in [-0.05, 0) is 43.7 Å². The Labute approximate surface area is 114 Å². The summed E-state index contributed by atoms with van der Waals surface area (Å²) in [5.74, 6) is 0.752. The number of methoxy groups -OCH3 is 1. The van der Waals surface area contributed by atoms with E-state index in [0.717, 1.165) is 31.7 Å². The number of amides is 1. The number of hydrogen-bond donors (Lipinski definition) is 2. The van der Waals surface area contributed by atoms with E-state index in [1.54, 1.807) is 31.4 Å². The Kier molecular flexibility index (Phi) is 5.95. The molecule has 5 heteroatoms. The van der Waals surface area contributed by atoms with Gasteiger partial charge in [-0.25, -0.2) is 0 Å². The molecule has 0 aliphatic carbocycles. The molecular weight excluding hydrogens is 252 g/mol. The standard InChI is InChI=1S/C13H18N2O2.ClH/c1-17-12-6-4-10(5-7-12)13(16)15-11-3-2-8-14-9-11;/h4-7,11,14H,2-3,8-9H2,1H3,(H,15,16);1H. The van der Waals surface area contributed by atoms with Gasteiger partial charge < -0.3 is 15.4 Å². The number of rotatable bonds is 3. The minimum atomic E-state index is -0.0126. The summed E-state index contributed by atoms with van der Waals surface area (Å²) in [5, 5.41) is 6.31. The minimum absolute atomic E-state index is 0. The molecule has 1 amide bonds. The van der Waals surface area contributed by atoms with Crippen LogP contribution in [0.3, 0.4) is 0 Å². The molecule has 1 unspecified atom stereocenters. The van der Waals surface area contributed by atoms with Crippen LogP contribution >= 0.6 is 12.4 Å². The van der Waals surface area contributed by atoms with Gasteiger partial charge in [0.2, 0.25) is 0 Å². The molecule has 1 aliphatic rings. The predicted octanol–water partition coefficient (Wildman–Crippen LogP) is 1.60. The highest BCUT2D eigenvalue weighted by Gasteiger charge is 2.16. The highest BCUT2D eigenvalue weighted by atomic mass is 35.5. The van der Waals surface area contributed by atoms with E-state index >= 15 is 0 Å². The Hall–Kier alpha value is -1.26. The van der Waals surface area contributed by atoms with E-state index in [-0.39, 0.29) is 24.4 Å². The highest BCUT2D eigenvalue weighted by Crippen LogP contribution is 2.11. The normalized spacial score (nSPS) is 18.6. The monoisotopic (exact) mass is 270 g/mol. The molecule has 1 aromatic rings. The first kappa shape index (κ1) is 14.8. The second-order valence-corrected chi connectivity index (χ2v) is 4.25. The van der Waals surface area contributed by atoms with Crippen LogP contribution in [0.15, 0.2) is 24.3 Å². The van der Waals surface area contributed by atoms with Crippen molar-refractivity contribution in [3.05, 3.63) is 29.8 Å². The van der Waals surface area contributed by atoms with Crippen molar-refractivity contribution in [2.45, 2.75) is 18.9 Å². The van der Waals surface area contributed by atoms with Gasteiger partial charge in [0.1, 0.15) is 5.75 Å². The number of nitrogens with one attached hydrogen (secondary N) is 2. The van der Waals surface area contributed by atoms with Crippen LogP contribution in [0.4, 0.5) is 0 Å². The summed E-state index contributed by atoms with van der Waals surface area (Å²) in [7, 11) is 1.61. The van der Waals surface area contributed by atoms with E-state index < -0.39 is 0 Å². The van der Waals surface area contributed by atoms with Gasteiger partial charge in [-0.3, -0.25) is 4.79 Å². The van der Waals surface area contributed by atoms with Gasteiger partial charge in [-0.2, -0.15) is 0 Å². The Morgan fingerprint density at radius 3 is 2.67 bits per heavy atom. The summed E-state index contributed by atoms with van der Waals surface area (Å²) in [6.07, 6.45) is 2.17. The topological polar surface area (TPSA) is 50.4 Å². The van der Waals surface area contributed by atoms with E-state index in [2.05, 4.69) is 10.6 Å². The number of carbonyl (C=O) groups is 1. The van der Waals surface area contributed by atoms with Gasteiger partial charge in [0.15, 0.2) is 0 Å². The fourth-order valence-electron chi connectivity index (χ4n) is 1.99. The summed E-state index contributed by atoms with van der Waals surface area (Å²) in [5.41, 5.74) is 0.677. The third-order valence-corrected chi connectivity index (χ3v) is 2.98. The highest BCUT2D eigenvalue weighted by molar-refractivity contribution is 5.94. The molecule has 1 saturated heterocycles. The molecule has 4 nitrogen and oxygen atoms in total. The lowest BCUT2D eigenvalue weighted by Gasteiger charge is -2.23. The Bertz CT molecular complexity index is 375.